The number of hydrogen-bond acceptors (Lipinski definition) is 4. The third-order valence-corrected chi connectivity index (χ3v) is 3.15. The molecule has 1 atom stereocenters. The highest BCUT2D eigenvalue weighted by atomic mass is 16.5. The maximum atomic E-state index is 11.6. The van der Waals surface area contributed by atoms with E-state index in [2.05, 4.69) is 10.3 Å². The molecule has 0 saturated heterocycles. The first-order valence-corrected chi connectivity index (χ1v) is 6.79. The second-order valence-electron chi connectivity index (χ2n) is 4.66. The van der Waals surface area contributed by atoms with E-state index < -0.39 is 12.0 Å². The van der Waals surface area contributed by atoms with Gasteiger partial charge < -0.3 is 19.7 Å². The van der Waals surface area contributed by atoms with Gasteiger partial charge in [0.2, 0.25) is 0 Å². The van der Waals surface area contributed by atoms with Crippen molar-refractivity contribution in [2.45, 2.75) is 25.9 Å². The van der Waals surface area contributed by atoms with Crippen molar-refractivity contribution in [3.8, 4) is 5.75 Å². The smallest absolute Gasteiger partial charge is 0.332 e. The second kappa shape index (κ2) is 6.78. The summed E-state index contributed by atoms with van der Waals surface area (Å²) < 4.78 is 6.94. The van der Waals surface area contributed by atoms with E-state index in [0.29, 0.717) is 11.4 Å². The minimum absolute atomic E-state index is 0.639. The molecular formula is C15H19N3O3. The van der Waals surface area contributed by atoms with Crippen LogP contribution in [0.3, 0.4) is 0 Å². The van der Waals surface area contributed by atoms with Crippen molar-refractivity contribution in [2.75, 3.05) is 12.4 Å². The predicted octanol–water partition coefficient (Wildman–Crippen LogP) is 2.54. The van der Waals surface area contributed by atoms with Gasteiger partial charge in [-0.05, 0) is 30.7 Å². The average molecular weight is 289 g/mol. The van der Waals surface area contributed by atoms with Crippen LogP contribution in [0.15, 0.2) is 36.8 Å². The number of carboxylic acids is 1. The van der Waals surface area contributed by atoms with Crippen molar-refractivity contribution in [3.63, 3.8) is 0 Å². The molecule has 1 unspecified atom stereocenters. The summed E-state index contributed by atoms with van der Waals surface area (Å²) in [7, 11) is 1.59. The van der Waals surface area contributed by atoms with Crippen molar-refractivity contribution in [3.05, 3.63) is 42.5 Å². The molecule has 6 nitrogen and oxygen atoms in total. The Hall–Kier alpha value is -2.50. The number of benzene rings is 1. The fraction of sp³-hybridized carbons (Fsp3) is 0.333. The Kier molecular flexibility index (Phi) is 4.81. The molecule has 0 aliphatic rings. The lowest BCUT2D eigenvalue weighted by atomic mass is 10.2. The number of nitrogens with zero attached hydrogens (tertiary/aromatic N) is 2. The number of anilines is 1. The zero-order valence-electron chi connectivity index (χ0n) is 12.1. The standard InChI is InChI=1S/C15H19N3O3/c1-3-8-18-10-16-9-13(18)14(15(19)20)17-11-4-6-12(21-2)7-5-11/h4-7,9-10,14,17H,3,8H2,1-2H3,(H,19,20). The minimum Gasteiger partial charge on any atom is -0.497 e. The third-order valence-electron chi connectivity index (χ3n) is 3.15. The van der Waals surface area contributed by atoms with Gasteiger partial charge >= 0.3 is 5.97 Å². The monoisotopic (exact) mass is 289 g/mol. The maximum absolute atomic E-state index is 11.6. The van der Waals surface area contributed by atoms with Crippen molar-refractivity contribution >= 4 is 11.7 Å². The number of rotatable bonds is 7. The molecule has 6 heteroatoms. The normalized spacial score (nSPS) is 11.9. The molecule has 21 heavy (non-hydrogen) atoms. The second-order valence-corrected chi connectivity index (χ2v) is 4.66. The lowest BCUT2D eigenvalue weighted by Gasteiger charge is -2.17. The van der Waals surface area contributed by atoms with Crippen LogP contribution in [0.2, 0.25) is 0 Å². The highest BCUT2D eigenvalue weighted by molar-refractivity contribution is 5.78. The van der Waals surface area contributed by atoms with E-state index in [1.807, 2.05) is 11.5 Å². The average Bonchev–Trinajstić information content (AvgIpc) is 2.93. The van der Waals surface area contributed by atoms with Crippen LogP contribution in [-0.2, 0) is 11.3 Å². The lowest BCUT2D eigenvalue weighted by Crippen LogP contribution is -2.23. The highest BCUT2D eigenvalue weighted by Crippen LogP contribution is 2.22. The lowest BCUT2D eigenvalue weighted by molar-refractivity contribution is -0.138. The number of aliphatic carboxylic acids is 1. The van der Waals surface area contributed by atoms with Crippen LogP contribution in [0.25, 0.3) is 0 Å². The van der Waals surface area contributed by atoms with Crippen LogP contribution in [0.1, 0.15) is 25.1 Å². The largest absolute Gasteiger partial charge is 0.497 e. The molecule has 0 aliphatic carbocycles. The summed E-state index contributed by atoms with van der Waals surface area (Å²) in [5.74, 6) is -0.216. The summed E-state index contributed by atoms with van der Waals surface area (Å²) in [5.41, 5.74) is 1.35. The molecule has 0 saturated carbocycles. The van der Waals surface area contributed by atoms with Gasteiger partial charge in [0.25, 0.3) is 0 Å². The van der Waals surface area contributed by atoms with Crippen LogP contribution in [0.5, 0.6) is 5.75 Å². The fourth-order valence-electron chi connectivity index (χ4n) is 2.12. The van der Waals surface area contributed by atoms with Gasteiger partial charge in [-0.3, -0.25) is 0 Å². The van der Waals surface area contributed by atoms with Gasteiger partial charge in [0.05, 0.1) is 25.3 Å². The number of nitrogens with one attached hydrogen (secondary N) is 1. The molecule has 112 valence electrons. The first-order valence-electron chi connectivity index (χ1n) is 6.79. The molecule has 2 rings (SSSR count). The fourth-order valence-corrected chi connectivity index (χ4v) is 2.12. The van der Waals surface area contributed by atoms with Gasteiger partial charge in [-0.25, -0.2) is 9.78 Å². The van der Waals surface area contributed by atoms with Gasteiger partial charge in [0.15, 0.2) is 6.04 Å². The van der Waals surface area contributed by atoms with Crippen LogP contribution >= 0.6 is 0 Å². The zero-order valence-corrected chi connectivity index (χ0v) is 12.1. The first kappa shape index (κ1) is 14.9. The number of aromatic nitrogens is 2. The Bertz CT molecular complexity index is 592. The molecule has 0 bridgehead atoms. The van der Waals surface area contributed by atoms with Gasteiger partial charge in [0.1, 0.15) is 5.75 Å². The number of aryl methyl sites for hydroxylation is 1. The van der Waals surface area contributed by atoms with Crippen LogP contribution in [0.4, 0.5) is 5.69 Å². The number of carboxylic acid groups (broad SMARTS) is 1. The van der Waals surface area contributed by atoms with Crippen LogP contribution in [0, 0.1) is 0 Å². The van der Waals surface area contributed by atoms with E-state index in [0.717, 1.165) is 18.7 Å². The molecule has 0 spiro atoms. The van der Waals surface area contributed by atoms with Crippen molar-refractivity contribution in [1.29, 1.82) is 0 Å². The van der Waals surface area contributed by atoms with Crippen LogP contribution < -0.4 is 10.1 Å². The van der Waals surface area contributed by atoms with Gasteiger partial charge in [-0.15, -0.1) is 0 Å². The molecule has 2 N–H and O–H groups in total. The van der Waals surface area contributed by atoms with Gasteiger partial charge in [0, 0.05) is 12.2 Å². The van der Waals surface area contributed by atoms with Gasteiger partial charge in [-0.2, -0.15) is 0 Å². The quantitative estimate of drug-likeness (QED) is 0.819. The molecule has 0 aliphatic heterocycles. The molecule has 1 heterocycles. The zero-order chi connectivity index (χ0) is 15.2. The summed E-state index contributed by atoms with van der Waals surface area (Å²) in [5, 5.41) is 12.5. The Morgan fingerprint density at radius 2 is 2.14 bits per heavy atom. The Morgan fingerprint density at radius 3 is 2.71 bits per heavy atom. The predicted molar refractivity (Wildman–Crippen MR) is 79.5 cm³/mol. The molecule has 2 aromatic rings. The van der Waals surface area contributed by atoms with E-state index in [1.165, 1.54) is 0 Å². The number of carbonyl (C=O) groups is 1. The van der Waals surface area contributed by atoms with Crippen molar-refractivity contribution in [1.82, 2.24) is 9.55 Å². The molecule has 0 radical (unpaired) electrons. The van der Waals surface area contributed by atoms with Crippen molar-refractivity contribution in [2.24, 2.45) is 0 Å². The Labute approximate surface area is 123 Å². The maximum Gasteiger partial charge on any atom is 0.332 e. The molecule has 0 fully saturated rings. The summed E-state index contributed by atoms with van der Waals surface area (Å²) in [6.45, 7) is 2.78. The van der Waals surface area contributed by atoms with E-state index in [-0.39, 0.29) is 0 Å². The van der Waals surface area contributed by atoms with E-state index in [4.69, 9.17) is 4.74 Å². The summed E-state index contributed by atoms with van der Waals surface area (Å²) in [6, 6.07) is 6.30. The Balaban J connectivity index is 2.22. The summed E-state index contributed by atoms with van der Waals surface area (Å²) in [6.07, 6.45) is 4.16. The first-order chi connectivity index (χ1) is 10.2. The number of ether oxygens (including phenoxy) is 1. The van der Waals surface area contributed by atoms with Gasteiger partial charge in [-0.1, -0.05) is 6.92 Å². The third kappa shape index (κ3) is 3.53. The molecular weight excluding hydrogens is 270 g/mol. The number of imidazole rings is 1. The molecule has 1 aromatic heterocycles. The van der Waals surface area contributed by atoms with E-state index >= 15 is 0 Å². The summed E-state index contributed by atoms with van der Waals surface area (Å²) in [4.78, 5) is 15.6. The minimum atomic E-state index is -0.941. The molecule has 1 aromatic carbocycles. The van der Waals surface area contributed by atoms with Crippen LogP contribution in [-0.4, -0.2) is 27.7 Å². The number of methoxy groups -OCH3 is 1. The molecule has 0 amide bonds. The SMILES string of the molecule is CCCn1cncc1C(Nc1ccc(OC)cc1)C(=O)O. The topological polar surface area (TPSA) is 76.4 Å². The van der Waals surface area contributed by atoms with E-state index in [1.54, 1.807) is 43.9 Å². The highest BCUT2D eigenvalue weighted by Gasteiger charge is 2.23. The van der Waals surface area contributed by atoms with E-state index in [9.17, 15) is 9.90 Å². The van der Waals surface area contributed by atoms with Crippen molar-refractivity contribution < 1.29 is 14.6 Å². The Morgan fingerprint density at radius 1 is 1.43 bits per heavy atom. The number of hydrogen-bond donors (Lipinski definition) is 2. The summed E-state index contributed by atoms with van der Waals surface area (Å²) >= 11 is 0.